The maximum absolute atomic E-state index is 4.10. The molecule has 0 bridgehead atoms. The minimum atomic E-state index is 0.438. The van der Waals surface area contributed by atoms with Gasteiger partial charge in [-0.1, -0.05) is 89.6 Å². The average Bonchev–Trinajstić information content (AvgIpc) is 2.82. The van der Waals surface area contributed by atoms with Gasteiger partial charge >= 0.3 is 0 Å². The summed E-state index contributed by atoms with van der Waals surface area (Å²) in [6.07, 6.45) is 16.5. The van der Waals surface area contributed by atoms with E-state index in [0.717, 1.165) is 5.92 Å². The Labute approximate surface area is 167 Å². The Kier molecular flexibility index (Phi) is 6.45. The van der Waals surface area contributed by atoms with Crippen molar-refractivity contribution in [2.75, 3.05) is 0 Å². The minimum absolute atomic E-state index is 0.438. The Hall–Kier alpha value is -1.56. The molecule has 3 atom stereocenters. The lowest BCUT2D eigenvalue weighted by molar-refractivity contribution is 0.304. The van der Waals surface area contributed by atoms with Gasteiger partial charge in [-0.3, -0.25) is 0 Å². The lowest BCUT2D eigenvalue weighted by Crippen LogP contribution is -2.09. The normalized spacial score (nSPS) is 26.4. The highest BCUT2D eigenvalue weighted by molar-refractivity contribution is 5.76. The lowest BCUT2D eigenvalue weighted by atomic mass is 9.84. The predicted molar refractivity (Wildman–Crippen MR) is 120 cm³/mol. The van der Waals surface area contributed by atoms with Gasteiger partial charge in [-0.25, -0.2) is 0 Å². The quantitative estimate of drug-likeness (QED) is 0.462. The summed E-state index contributed by atoms with van der Waals surface area (Å²) in [5.74, 6) is 2.04. The van der Waals surface area contributed by atoms with Crippen LogP contribution in [0.4, 0.5) is 0 Å². The summed E-state index contributed by atoms with van der Waals surface area (Å²) in [6.45, 7) is 13.6. The van der Waals surface area contributed by atoms with Crippen LogP contribution in [0.15, 0.2) is 54.6 Å². The average molecular weight is 363 g/mol. The van der Waals surface area contributed by atoms with Crippen molar-refractivity contribution in [3.63, 3.8) is 0 Å². The fourth-order valence-corrected chi connectivity index (χ4v) is 4.65. The van der Waals surface area contributed by atoms with E-state index in [4.69, 9.17) is 0 Å². The minimum Gasteiger partial charge on any atom is -0.0952 e. The highest BCUT2D eigenvalue weighted by Crippen LogP contribution is 2.38. The maximum atomic E-state index is 4.10. The zero-order chi connectivity index (χ0) is 19.4. The summed E-state index contributed by atoms with van der Waals surface area (Å²) < 4.78 is 0. The zero-order valence-corrected chi connectivity index (χ0v) is 17.9. The largest absolute Gasteiger partial charge is 0.0952 e. The van der Waals surface area contributed by atoms with E-state index in [1.54, 1.807) is 0 Å². The van der Waals surface area contributed by atoms with E-state index in [2.05, 4.69) is 76.8 Å². The van der Waals surface area contributed by atoms with Crippen molar-refractivity contribution < 1.29 is 0 Å². The molecule has 0 heterocycles. The summed E-state index contributed by atoms with van der Waals surface area (Å²) >= 11 is 0. The van der Waals surface area contributed by atoms with E-state index < -0.39 is 0 Å². The van der Waals surface area contributed by atoms with Crippen molar-refractivity contribution in [2.45, 2.75) is 78.6 Å². The second kappa shape index (κ2) is 8.63. The molecule has 0 saturated heterocycles. The molecule has 27 heavy (non-hydrogen) atoms. The van der Waals surface area contributed by atoms with Crippen molar-refractivity contribution in [3.8, 4) is 0 Å². The summed E-state index contributed by atoms with van der Waals surface area (Å²) in [6, 6.07) is 9.30. The highest BCUT2D eigenvalue weighted by atomic mass is 14.3. The second-order valence-electron chi connectivity index (χ2n) is 9.88. The molecule has 146 valence electrons. The number of hydrogen-bond acceptors (Lipinski definition) is 0. The van der Waals surface area contributed by atoms with E-state index in [1.807, 2.05) is 0 Å². The zero-order valence-electron chi connectivity index (χ0n) is 17.9. The molecule has 0 spiro atoms. The van der Waals surface area contributed by atoms with Crippen LogP contribution in [0.5, 0.6) is 0 Å². The molecular formula is C27H38. The van der Waals surface area contributed by atoms with Crippen LogP contribution in [-0.4, -0.2) is 0 Å². The first-order valence-corrected chi connectivity index (χ1v) is 11.0. The van der Waals surface area contributed by atoms with Crippen LogP contribution in [0.25, 0.3) is 5.57 Å². The SMILES string of the molecule is C=C1C=CC(c2ccc([C@H](C)CCC3CCCC(C)(C)CC3)cc2)=CC1C. The number of allylic oxidation sites excluding steroid dienone is 5. The summed E-state index contributed by atoms with van der Waals surface area (Å²) in [5.41, 5.74) is 5.92. The third-order valence-electron chi connectivity index (χ3n) is 7.01. The van der Waals surface area contributed by atoms with E-state index >= 15 is 0 Å². The number of benzene rings is 1. The van der Waals surface area contributed by atoms with Gasteiger partial charge in [0.1, 0.15) is 0 Å². The van der Waals surface area contributed by atoms with Gasteiger partial charge in [0.2, 0.25) is 0 Å². The number of rotatable bonds is 5. The summed E-state index contributed by atoms with van der Waals surface area (Å²) in [5, 5.41) is 0. The molecule has 2 aliphatic rings. The summed E-state index contributed by atoms with van der Waals surface area (Å²) in [7, 11) is 0. The first kappa shape index (κ1) is 20.2. The molecule has 1 aromatic rings. The van der Waals surface area contributed by atoms with Gasteiger partial charge in [0, 0.05) is 0 Å². The highest BCUT2D eigenvalue weighted by Gasteiger charge is 2.24. The Balaban J connectivity index is 1.55. The standard InChI is InChI=1S/C27H38/c1-20-9-11-26(19-22(20)3)25-14-12-24(13-15-25)21(2)8-10-23-7-6-17-27(4,5)18-16-23/h9,11-15,19,21-23H,1,6-8,10,16-18H2,2-5H3/t21-,22?,23?/m1/s1. The fourth-order valence-electron chi connectivity index (χ4n) is 4.65. The maximum Gasteiger partial charge on any atom is -0.000709 e. The third-order valence-corrected chi connectivity index (χ3v) is 7.01. The molecule has 0 heteroatoms. The van der Waals surface area contributed by atoms with E-state index in [-0.39, 0.29) is 0 Å². The van der Waals surface area contributed by atoms with Crippen molar-refractivity contribution >= 4 is 5.57 Å². The van der Waals surface area contributed by atoms with Gasteiger partial charge in [0.25, 0.3) is 0 Å². The molecule has 0 amide bonds. The van der Waals surface area contributed by atoms with E-state index in [9.17, 15) is 0 Å². The molecule has 1 saturated carbocycles. The van der Waals surface area contributed by atoms with Gasteiger partial charge < -0.3 is 0 Å². The molecule has 0 radical (unpaired) electrons. The Bertz CT molecular complexity index is 698. The molecule has 1 fully saturated rings. The molecule has 3 rings (SSSR count). The van der Waals surface area contributed by atoms with Gasteiger partial charge in [-0.2, -0.15) is 0 Å². The van der Waals surface area contributed by atoms with Crippen LogP contribution < -0.4 is 0 Å². The van der Waals surface area contributed by atoms with Crippen LogP contribution in [-0.2, 0) is 0 Å². The smallest absolute Gasteiger partial charge is 0.000709 e. The molecular weight excluding hydrogens is 324 g/mol. The predicted octanol–water partition coefficient (Wildman–Crippen LogP) is 8.32. The van der Waals surface area contributed by atoms with Crippen molar-refractivity contribution in [1.29, 1.82) is 0 Å². The van der Waals surface area contributed by atoms with Gasteiger partial charge in [-0.05, 0) is 77.5 Å². The van der Waals surface area contributed by atoms with Crippen LogP contribution in [0, 0.1) is 17.3 Å². The molecule has 0 aromatic heterocycles. The van der Waals surface area contributed by atoms with Crippen LogP contribution in [0.3, 0.4) is 0 Å². The monoisotopic (exact) mass is 362 g/mol. The third kappa shape index (κ3) is 5.47. The molecule has 1 aromatic carbocycles. The van der Waals surface area contributed by atoms with Crippen LogP contribution >= 0.6 is 0 Å². The van der Waals surface area contributed by atoms with Crippen molar-refractivity contribution in [2.24, 2.45) is 17.3 Å². The number of hydrogen-bond donors (Lipinski definition) is 0. The molecule has 0 nitrogen and oxygen atoms in total. The molecule has 0 N–H and O–H groups in total. The topological polar surface area (TPSA) is 0 Å². The van der Waals surface area contributed by atoms with Crippen molar-refractivity contribution in [3.05, 3.63) is 65.8 Å². The molecule has 2 aliphatic carbocycles. The lowest BCUT2D eigenvalue weighted by Gasteiger charge is -2.22. The summed E-state index contributed by atoms with van der Waals surface area (Å²) in [4.78, 5) is 0. The van der Waals surface area contributed by atoms with Gasteiger partial charge in [0.05, 0.1) is 0 Å². The van der Waals surface area contributed by atoms with E-state index in [1.165, 1.54) is 67.2 Å². The fraction of sp³-hybridized carbons (Fsp3) is 0.556. The Morgan fingerprint density at radius 3 is 2.52 bits per heavy atom. The first-order chi connectivity index (χ1) is 12.8. The van der Waals surface area contributed by atoms with E-state index in [0.29, 0.717) is 17.3 Å². The van der Waals surface area contributed by atoms with Crippen molar-refractivity contribution in [1.82, 2.24) is 0 Å². The molecule has 2 unspecified atom stereocenters. The molecule has 0 aliphatic heterocycles. The Morgan fingerprint density at radius 1 is 1.07 bits per heavy atom. The Morgan fingerprint density at radius 2 is 1.81 bits per heavy atom. The van der Waals surface area contributed by atoms with Crippen LogP contribution in [0.2, 0.25) is 0 Å². The van der Waals surface area contributed by atoms with Gasteiger partial charge in [-0.15, -0.1) is 0 Å². The van der Waals surface area contributed by atoms with Gasteiger partial charge in [0.15, 0.2) is 0 Å². The second-order valence-corrected chi connectivity index (χ2v) is 9.88. The van der Waals surface area contributed by atoms with Crippen LogP contribution in [0.1, 0.15) is 89.7 Å². The first-order valence-electron chi connectivity index (χ1n) is 11.0.